The molecular formula is C10H18IN5. The van der Waals surface area contributed by atoms with Crippen LogP contribution in [-0.4, -0.2) is 21.7 Å². The molecule has 5 nitrogen and oxygen atoms in total. The van der Waals surface area contributed by atoms with Crippen LogP contribution in [0, 0.1) is 0 Å². The minimum atomic E-state index is -0.0735. The van der Waals surface area contributed by atoms with Gasteiger partial charge in [-0.1, -0.05) is 0 Å². The molecule has 90 valence electrons. The van der Waals surface area contributed by atoms with Crippen LogP contribution in [0.15, 0.2) is 23.3 Å². The molecule has 0 aromatic carbocycles. The van der Waals surface area contributed by atoms with Gasteiger partial charge in [0.05, 0.1) is 12.2 Å². The highest BCUT2D eigenvalue weighted by atomic mass is 127. The van der Waals surface area contributed by atoms with Gasteiger partial charge in [-0.3, -0.25) is 0 Å². The number of aromatic nitrogens is 2. The van der Waals surface area contributed by atoms with E-state index in [1.165, 1.54) is 0 Å². The summed E-state index contributed by atoms with van der Waals surface area (Å²) in [7, 11) is 0. The average molecular weight is 335 g/mol. The average Bonchev–Trinajstić information content (AvgIpc) is 2.14. The lowest BCUT2D eigenvalue weighted by molar-refractivity contribution is 0.508. The van der Waals surface area contributed by atoms with Gasteiger partial charge in [-0.2, -0.15) is 10.2 Å². The smallest absolute Gasteiger partial charge is 0.189 e. The Kier molecular flexibility index (Phi) is 6.24. The minimum Gasteiger partial charge on any atom is -0.370 e. The van der Waals surface area contributed by atoms with E-state index in [0.29, 0.717) is 12.5 Å². The van der Waals surface area contributed by atoms with Gasteiger partial charge in [0.25, 0.3) is 0 Å². The van der Waals surface area contributed by atoms with Crippen LogP contribution in [0.25, 0.3) is 0 Å². The number of aliphatic imine (C=N–C) groups is 1. The quantitative estimate of drug-likeness (QED) is 0.485. The standard InChI is InChI=1S/C10H17N5.HI/c1-10(2,3)14-9(11)12-7-8-5-4-6-13-15-8;/h4-6H,7H2,1-3H3,(H3,11,12,14);1H. The molecule has 3 N–H and O–H groups in total. The number of hydrogen-bond acceptors (Lipinski definition) is 3. The summed E-state index contributed by atoms with van der Waals surface area (Å²) in [5, 5.41) is 10.7. The van der Waals surface area contributed by atoms with Crippen molar-refractivity contribution < 1.29 is 0 Å². The van der Waals surface area contributed by atoms with Crippen LogP contribution in [0.3, 0.4) is 0 Å². The van der Waals surface area contributed by atoms with Gasteiger partial charge in [-0.25, -0.2) is 4.99 Å². The van der Waals surface area contributed by atoms with E-state index in [1.807, 2.05) is 32.9 Å². The number of halogens is 1. The molecule has 16 heavy (non-hydrogen) atoms. The zero-order valence-electron chi connectivity index (χ0n) is 9.77. The summed E-state index contributed by atoms with van der Waals surface area (Å²) in [5.41, 5.74) is 6.43. The summed E-state index contributed by atoms with van der Waals surface area (Å²) in [5.74, 6) is 0.424. The first-order valence-electron chi connectivity index (χ1n) is 4.82. The SMILES string of the molecule is CC(C)(C)NC(N)=NCc1cccnn1.I. The Labute approximate surface area is 113 Å². The van der Waals surface area contributed by atoms with Gasteiger partial charge in [-0.05, 0) is 32.9 Å². The first kappa shape index (κ1) is 15.1. The van der Waals surface area contributed by atoms with Crippen molar-refractivity contribution in [3.63, 3.8) is 0 Å². The maximum atomic E-state index is 5.70. The van der Waals surface area contributed by atoms with E-state index in [4.69, 9.17) is 5.73 Å². The van der Waals surface area contributed by atoms with E-state index in [2.05, 4.69) is 20.5 Å². The maximum absolute atomic E-state index is 5.70. The predicted octanol–water partition coefficient (Wildman–Crippen LogP) is 1.30. The van der Waals surface area contributed by atoms with E-state index in [0.717, 1.165) is 5.69 Å². The number of rotatable bonds is 2. The third-order valence-electron chi connectivity index (χ3n) is 1.54. The Morgan fingerprint density at radius 3 is 2.69 bits per heavy atom. The Hall–Kier alpha value is -0.920. The summed E-state index contributed by atoms with van der Waals surface area (Å²) < 4.78 is 0. The lowest BCUT2D eigenvalue weighted by Crippen LogP contribution is -2.45. The van der Waals surface area contributed by atoms with E-state index in [1.54, 1.807) is 6.20 Å². The van der Waals surface area contributed by atoms with E-state index < -0.39 is 0 Å². The van der Waals surface area contributed by atoms with Crippen LogP contribution in [0.4, 0.5) is 0 Å². The number of nitrogens with zero attached hydrogens (tertiary/aromatic N) is 3. The summed E-state index contributed by atoms with van der Waals surface area (Å²) >= 11 is 0. The van der Waals surface area contributed by atoms with Crippen molar-refractivity contribution in [1.82, 2.24) is 15.5 Å². The Bertz CT molecular complexity index is 331. The van der Waals surface area contributed by atoms with Crippen LogP contribution in [0.2, 0.25) is 0 Å². The van der Waals surface area contributed by atoms with Gasteiger partial charge in [0, 0.05) is 11.7 Å². The Balaban J connectivity index is 0.00000225. The zero-order valence-corrected chi connectivity index (χ0v) is 12.1. The molecule has 0 unspecified atom stereocenters. The number of hydrogen-bond donors (Lipinski definition) is 2. The van der Waals surface area contributed by atoms with Crippen molar-refractivity contribution >= 4 is 29.9 Å². The second kappa shape index (κ2) is 6.62. The van der Waals surface area contributed by atoms with Crippen LogP contribution in [0.1, 0.15) is 26.5 Å². The normalized spacial score (nSPS) is 11.8. The fourth-order valence-electron chi connectivity index (χ4n) is 1.01. The largest absolute Gasteiger partial charge is 0.370 e. The number of guanidine groups is 1. The molecule has 1 aromatic rings. The van der Waals surface area contributed by atoms with Crippen LogP contribution in [0.5, 0.6) is 0 Å². The molecule has 0 aliphatic rings. The fourth-order valence-corrected chi connectivity index (χ4v) is 1.01. The number of nitrogens with two attached hydrogens (primary N) is 1. The molecule has 0 atom stereocenters. The molecule has 0 radical (unpaired) electrons. The lowest BCUT2D eigenvalue weighted by atomic mass is 10.1. The molecule has 0 amide bonds. The van der Waals surface area contributed by atoms with Gasteiger partial charge in [0.15, 0.2) is 5.96 Å². The molecule has 6 heteroatoms. The van der Waals surface area contributed by atoms with Crippen molar-refractivity contribution in [2.24, 2.45) is 10.7 Å². The third-order valence-corrected chi connectivity index (χ3v) is 1.54. The highest BCUT2D eigenvalue weighted by Gasteiger charge is 2.09. The fraction of sp³-hybridized carbons (Fsp3) is 0.500. The van der Waals surface area contributed by atoms with Gasteiger partial charge in [0.2, 0.25) is 0 Å². The van der Waals surface area contributed by atoms with Crippen molar-refractivity contribution in [1.29, 1.82) is 0 Å². The molecule has 0 bridgehead atoms. The summed E-state index contributed by atoms with van der Waals surface area (Å²) in [6, 6.07) is 3.69. The topological polar surface area (TPSA) is 76.2 Å². The van der Waals surface area contributed by atoms with Crippen molar-refractivity contribution in [2.75, 3.05) is 0 Å². The molecule has 0 spiro atoms. The van der Waals surface area contributed by atoms with E-state index >= 15 is 0 Å². The molecular weight excluding hydrogens is 317 g/mol. The summed E-state index contributed by atoms with van der Waals surface area (Å²) in [6.45, 7) is 6.52. The molecule has 1 aromatic heterocycles. The van der Waals surface area contributed by atoms with E-state index in [9.17, 15) is 0 Å². The molecule has 0 saturated heterocycles. The first-order chi connectivity index (χ1) is 6.97. The lowest BCUT2D eigenvalue weighted by Gasteiger charge is -2.20. The number of nitrogens with one attached hydrogen (secondary N) is 1. The maximum Gasteiger partial charge on any atom is 0.189 e. The van der Waals surface area contributed by atoms with Gasteiger partial charge >= 0.3 is 0 Å². The summed E-state index contributed by atoms with van der Waals surface area (Å²) in [6.07, 6.45) is 1.63. The van der Waals surface area contributed by atoms with Crippen molar-refractivity contribution in [2.45, 2.75) is 32.9 Å². The highest BCUT2D eigenvalue weighted by Crippen LogP contribution is 1.98. The van der Waals surface area contributed by atoms with Crippen LogP contribution >= 0.6 is 24.0 Å². The molecule has 1 rings (SSSR count). The van der Waals surface area contributed by atoms with Gasteiger partial charge < -0.3 is 11.1 Å². The molecule has 0 aliphatic carbocycles. The monoisotopic (exact) mass is 335 g/mol. The highest BCUT2D eigenvalue weighted by molar-refractivity contribution is 14.0. The zero-order chi connectivity index (χ0) is 11.3. The Morgan fingerprint density at radius 1 is 1.50 bits per heavy atom. The molecule has 0 saturated carbocycles. The van der Waals surface area contributed by atoms with E-state index in [-0.39, 0.29) is 29.5 Å². The van der Waals surface area contributed by atoms with Gasteiger partial charge in [0.1, 0.15) is 0 Å². The van der Waals surface area contributed by atoms with Crippen molar-refractivity contribution in [3.8, 4) is 0 Å². The first-order valence-corrected chi connectivity index (χ1v) is 4.82. The van der Waals surface area contributed by atoms with Crippen LogP contribution in [-0.2, 0) is 6.54 Å². The summed E-state index contributed by atoms with van der Waals surface area (Å²) in [4.78, 5) is 4.16. The minimum absolute atomic E-state index is 0. The molecule has 0 fully saturated rings. The van der Waals surface area contributed by atoms with Crippen molar-refractivity contribution in [3.05, 3.63) is 24.0 Å². The second-order valence-corrected chi connectivity index (χ2v) is 4.29. The van der Waals surface area contributed by atoms with Crippen LogP contribution < -0.4 is 11.1 Å². The molecule has 1 heterocycles. The third kappa shape index (κ3) is 6.54. The molecule has 0 aliphatic heterocycles. The predicted molar refractivity (Wildman–Crippen MR) is 75.7 cm³/mol. The van der Waals surface area contributed by atoms with Gasteiger partial charge in [-0.15, -0.1) is 24.0 Å². The Morgan fingerprint density at radius 2 is 2.19 bits per heavy atom. The second-order valence-electron chi connectivity index (χ2n) is 4.29.